The molecule has 0 aliphatic rings. The van der Waals surface area contributed by atoms with E-state index in [1.165, 1.54) is 0 Å². The molecule has 0 saturated carbocycles. The van der Waals surface area contributed by atoms with Crippen molar-refractivity contribution in [2.45, 2.75) is 0 Å². The summed E-state index contributed by atoms with van der Waals surface area (Å²) in [5, 5.41) is 2.20. The minimum atomic E-state index is -0.0289. The maximum atomic E-state index is 12.7. The average Bonchev–Trinajstić information content (AvgIpc) is 2.53. The third-order valence-corrected chi connectivity index (χ3v) is 4.23. The smallest absolute Gasteiger partial charge is 0.259 e. The molecule has 3 aromatic rings. The fourth-order valence-electron chi connectivity index (χ4n) is 2.43. The number of anilines is 1. The number of benzene rings is 3. The number of amides is 1. The molecule has 0 spiro atoms. The van der Waals surface area contributed by atoms with Gasteiger partial charge in [-0.2, -0.15) is 0 Å². The second kappa shape index (κ2) is 5.70. The highest BCUT2D eigenvalue weighted by Crippen LogP contribution is 2.28. The molecule has 104 valence electrons. The minimum absolute atomic E-state index is 0.0289. The first-order chi connectivity index (χ1) is 10.2. The molecule has 1 amide bonds. The summed E-state index contributed by atoms with van der Waals surface area (Å²) in [4.78, 5) is 14.4. The van der Waals surface area contributed by atoms with Gasteiger partial charge in [-0.05, 0) is 39.5 Å². The number of carbonyl (C=O) groups is 1. The van der Waals surface area contributed by atoms with Crippen LogP contribution in [0.3, 0.4) is 0 Å². The van der Waals surface area contributed by atoms with E-state index in [2.05, 4.69) is 28.1 Å². The zero-order chi connectivity index (χ0) is 14.8. The van der Waals surface area contributed by atoms with Crippen LogP contribution >= 0.6 is 15.9 Å². The summed E-state index contributed by atoms with van der Waals surface area (Å²) in [6.45, 7) is 0. The molecule has 0 aromatic heterocycles. The van der Waals surface area contributed by atoms with Crippen molar-refractivity contribution in [2.24, 2.45) is 0 Å². The van der Waals surface area contributed by atoms with Gasteiger partial charge >= 0.3 is 0 Å². The van der Waals surface area contributed by atoms with E-state index < -0.39 is 0 Å². The monoisotopic (exact) mass is 339 g/mol. The molecule has 0 bridgehead atoms. The van der Waals surface area contributed by atoms with Gasteiger partial charge in [-0.15, -0.1) is 0 Å². The third-order valence-electron chi connectivity index (χ3n) is 3.54. The second-order valence-corrected chi connectivity index (χ2v) is 5.70. The standard InChI is InChI=1S/C18H14BrNO/c1-20(18(21)15-10-4-5-11-16(15)19)17-12-6-8-13-7-2-3-9-14(13)17/h2-12H,1H3. The third kappa shape index (κ3) is 2.57. The minimum Gasteiger partial charge on any atom is -0.311 e. The molecule has 3 rings (SSSR count). The molecular formula is C18H14BrNO. The Balaban J connectivity index is 2.07. The second-order valence-electron chi connectivity index (χ2n) is 4.84. The SMILES string of the molecule is CN(C(=O)c1ccccc1Br)c1cccc2ccccc12. The lowest BCUT2D eigenvalue weighted by molar-refractivity contribution is 0.0992. The number of fused-ring (bicyclic) bond motifs is 1. The lowest BCUT2D eigenvalue weighted by Crippen LogP contribution is -2.26. The van der Waals surface area contributed by atoms with Gasteiger partial charge in [0.1, 0.15) is 0 Å². The molecule has 0 aliphatic carbocycles. The van der Waals surface area contributed by atoms with Crippen LogP contribution in [0.25, 0.3) is 10.8 Å². The summed E-state index contributed by atoms with van der Waals surface area (Å²) in [5.41, 5.74) is 1.57. The molecule has 0 atom stereocenters. The molecule has 21 heavy (non-hydrogen) atoms. The van der Waals surface area contributed by atoms with Crippen molar-refractivity contribution in [3.8, 4) is 0 Å². The van der Waals surface area contributed by atoms with Crippen LogP contribution in [0.5, 0.6) is 0 Å². The van der Waals surface area contributed by atoms with E-state index in [0.717, 1.165) is 20.9 Å². The van der Waals surface area contributed by atoms with Crippen LogP contribution < -0.4 is 4.90 Å². The molecule has 3 aromatic carbocycles. The largest absolute Gasteiger partial charge is 0.311 e. The normalized spacial score (nSPS) is 10.6. The Labute approximate surface area is 132 Å². The van der Waals surface area contributed by atoms with Gasteiger partial charge in [-0.1, -0.05) is 48.5 Å². The van der Waals surface area contributed by atoms with Crippen LogP contribution in [0.4, 0.5) is 5.69 Å². The number of nitrogens with zero attached hydrogens (tertiary/aromatic N) is 1. The van der Waals surface area contributed by atoms with Crippen LogP contribution in [0.2, 0.25) is 0 Å². The predicted molar refractivity (Wildman–Crippen MR) is 90.8 cm³/mol. The molecule has 0 radical (unpaired) electrons. The van der Waals surface area contributed by atoms with Gasteiger partial charge in [0, 0.05) is 16.9 Å². The van der Waals surface area contributed by atoms with Crippen molar-refractivity contribution < 1.29 is 4.79 Å². The number of carbonyl (C=O) groups excluding carboxylic acids is 1. The number of hydrogen-bond acceptors (Lipinski definition) is 1. The van der Waals surface area contributed by atoms with E-state index in [4.69, 9.17) is 0 Å². The summed E-state index contributed by atoms with van der Waals surface area (Å²) < 4.78 is 0.807. The Morgan fingerprint density at radius 2 is 1.57 bits per heavy atom. The molecule has 0 fully saturated rings. The number of rotatable bonds is 2. The molecular weight excluding hydrogens is 326 g/mol. The lowest BCUT2D eigenvalue weighted by Gasteiger charge is -2.20. The lowest BCUT2D eigenvalue weighted by atomic mass is 10.1. The maximum Gasteiger partial charge on any atom is 0.259 e. The molecule has 3 heteroatoms. The van der Waals surface area contributed by atoms with E-state index >= 15 is 0 Å². The van der Waals surface area contributed by atoms with Crippen LogP contribution in [-0.2, 0) is 0 Å². The van der Waals surface area contributed by atoms with E-state index in [0.29, 0.717) is 5.56 Å². The molecule has 0 saturated heterocycles. The number of halogens is 1. The van der Waals surface area contributed by atoms with Gasteiger partial charge in [0.2, 0.25) is 0 Å². The van der Waals surface area contributed by atoms with Gasteiger partial charge < -0.3 is 4.90 Å². The first kappa shape index (κ1) is 13.8. The van der Waals surface area contributed by atoms with E-state index in [1.807, 2.05) is 61.6 Å². The Morgan fingerprint density at radius 3 is 2.38 bits per heavy atom. The highest BCUT2D eigenvalue weighted by Gasteiger charge is 2.17. The van der Waals surface area contributed by atoms with Crippen molar-refractivity contribution in [2.75, 3.05) is 11.9 Å². The quantitative estimate of drug-likeness (QED) is 0.651. The fourth-order valence-corrected chi connectivity index (χ4v) is 2.88. The van der Waals surface area contributed by atoms with Crippen LogP contribution in [0.15, 0.2) is 71.2 Å². The summed E-state index contributed by atoms with van der Waals surface area (Å²) in [6, 6.07) is 21.6. The van der Waals surface area contributed by atoms with Crippen molar-refractivity contribution in [3.63, 3.8) is 0 Å². The summed E-state index contributed by atoms with van der Waals surface area (Å²) >= 11 is 3.44. The summed E-state index contributed by atoms with van der Waals surface area (Å²) in [5.74, 6) is -0.0289. The first-order valence-corrected chi connectivity index (χ1v) is 7.48. The molecule has 0 aliphatic heterocycles. The zero-order valence-corrected chi connectivity index (χ0v) is 13.2. The maximum absolute atomic E-state index is 12.7. The van der Waals surface area contributed by atoms with Gasteiger partial charge in [0.15, 0.2) is 0 Å². The molecule has 0 N–H and O–H groups in total. The van der Waals surface area contributed by atoms with Crippen LogP contribution in [0.1, 0.15) is 10.4 Å². The fraction of sp³-hybridized carbons (Fsp3) is 0.0556. The Kier molecular flexibility index (Phi) is 3.76. The predicted octanol–water partition coefficient (Wildman–Crippen LogP) is 4.88. The topological polar surface area (TPSA) is 20.3 Å². The van der Waals surface area contributed by atoms with Gasteiger partial charge in [0.05, 0.1) is 11.3 Å². The van der Waals surface area contributed by atoms with Gasteiger partial charge in [-0.3, -0.25) is 4.79 Å². The highest BCUT2D eigenvalue weighted by atomic mass is 79.9. The van der Waals surface area contributed by atoms with Gasteiger partial charge in [0.25, 0.3) is 5.91 Å². The number of hydrogen-bond donors (Lipinski definition) is 0. The summed E-state index contributed by atoms with van der Waals surface area (Å²) in [6.07, 6.45) is 0. The van der Waals surface area contributed by atoms with E-state index in [-0.39, 0.29) is 5.91 Å². The van der Waals surface area contributed by atoms with E-state index in [1.54, 1.807) is 4.90 Å². The Morgan fingerprint density at radius 1 is 0.905 bits per heavy atom. The highest BCUT2D eigenvalue weighted by molar-refractivity contribution is 9.10. The van der Waals surface area contributed by atoms with Crippen molar-refractivity contribution >= 4 is 38.3 Å². The van der Waals surface area contributed by atoms with E-state index in [9.17, 15) is 4.79 Å². The van der Waals surface area contributed by atoms with Crippen molar-refractivity contribution in [1.82, 2.24) is 0 Å². The van der Waals surface area contributed by atoms with Crippen LogP contribution in [0, 0.1) is 0 Å². The average molecular weight is 340 g/mol. The zero-order valence-electron chi connectivity index (χ0n) is 11.6. The van der Waals surface area contributed by atoms with Crippen molar-refractivity contribution in [1.29, 1.82) is 0 Å². The first-order valence-electron chi connectivity index (χ1n) is 6.69. The van der Waals surface area contributed by atoms with Crippen LogP contribution in [-0.4, -0.2) is 13.0 Å². The van der Waals surface area contributed by atoms with Gasteiger partial charge in [-0.25, -0.2) is 0 Å². The molecule has 0 unspecified atom stereocenters. The summed E-state index contributed by atoms with van der Waals surface area (Å²) in [7, 11) is 1.81. The molecule has 2 nitrogen and oxygen atoms in total. The van der Waals surface area contributed by atoms with Crippen molar-refractivity contribution in [3.05, 3.63) is 76.8 Å². The Hall–Kier alpha value is -2.13. The molecule has 0 heterocycles. The Bertz CT molecular complexity index is 808.